The monoisotopic (exact) mass is 380 g/mol. The van der Waals surface area contributed by atoms with Crippen LogP contribution in [0, 0.1) is 0 Å². The van der Waals surface area contributed by atoms with Crippen LogP contribution in [0.15, 0.2) is 85.1 Å². The zero-order valence-corrected chi connectivity index (χ0v) is 16.0. The normalized spacial score (nSPS) is 11.1. The fourth-order valence-corrected chi connectivity index (χ4v) is 3.28. The molecule has 0 aliphatic rings. The lowest BCUT2D eigenvalue weighted by Gasteiger charge is -2.12. The molecule has 0 saturated heterocycles. The number of anilines is 2. The minimum absolute atomic E-state index is 0.167. The third-order valence-electron chi connectivity index (χ3n) is 4.57. The summed E-state index contributed by atoms with van der Waals surface area (Å²) in [6.45, 7) is 1.81. The van der Waals surface area contributed by atoms with Gasteiger partial charge in [-0.2, -0.15) is 0 Å². The number of nitrogens with two attached hydrogens (primary N) is 1. The van der Waals surface area contributed by atoms with Gasteiger partial charge in [-0.25, -0.2) is 9.97 Å². The van der Waals surface area contributed by atoms with Crippen LogP contribution in [0.2, 0.25) is 0 Å². The van der Waals surface area contributed by atoms with Crippen LogP contribution in [-0.2, 0) is 4.79 Å². The van der Waals surface area contributed by atoms with Crippen LogP contribution in [0.4, 0.5) is 11.6 Å². The predicted molar refractivity (Wildman–Crippen MR) is 118 cm³/mol. The molecular weight excluding hydrogens is 360 g/mol. The van der Waals surface area contributed by atoms with Gasteiger partial charge in [-0.1, -0.05) is 48.5 Å². The number of hydrogen-bond donors (Lipinski definition) is 2. The highest BCUT2D eigenvalue weighted by Gasteiger charge is 2.11. The van der Waals surface area contributed by atoms with E-state index < -0.39 is 0 Å². The summed E-state index contributed by atoms with van der Waals surface area (Å²) in [7, 11) is 0. The zero-order chi connectivity index (χ0) is 20.2. The van der Waals surface area contributed by atoms with E-state index in [2.05, 4.69) is 39.6 Å². The molecule has 5 heteroatoms. The molecule has 1 aromatic heterocycles. The molecule has 142 valence electrons. The molecule has 4 rings (SSSR count). The van der Waals surface area contributed by atoms with Crippen molar-refractivity contribution in [3.63, 3.8) is 0 Å². The molecule has 0 radical (unpaired) electrons. The Morgan fingerprint density at radius 2 is 1.76 bits per heavy atom. The molecule has 29 heavy (non-hydrogen) atoms. The number of nitrogen functional groups attached to an aromatic ring is 1. The van der Waals surface area contributed by atoms with Crippen LogP contribution in [0.3, 0.4) is 0 Å². The fraction of sp³-hybridized carbons (Fsp3) is 0.0417. The summed E-state index contributed by atoms with van der Waals surface area (Å²) in [5.74, 6) is 0.0582. The Kier molecular flexibility index (Phi) is 5.03. The molecule has 0 aliphatic carbocycles. The van der Waals surface area contributed by atoms with E-state index in [0.29, 0.717) is 5.69 Å². The minimum Gasteiger partial charge on any atom is -0.368 e. The SMILES string of the molecule is C/C=C/C(=O)Nc1cccc(-c2cc(-c3ccccc3)cc3cnc(N)nc23)c1. The first-order valence-electron chi connectivity index (χ1n) is 9.30. The smallest absolute Gasteiger partial charge is 0.248 e. The summed E-state index contributed by atoms with van der Waals surface area (Å²) >= 11 is 0. The Bertz CT molecular complexity index is 1220. The van der Waals surface area contributed by atoms with Crippen molar-refractivity contribution in [3.05, 3.63) is 85.1 Å². The molecular formula is C24H20N4O. The minimum atomic E-state index is -0.167. The number of aromatic nitrogens is 2. The fourth-order valence-electron chi connectivity index (χ4n) is 3.28. The number of carbonyl (C=O) groups is 1. The molecule has 0 fully saturated rings. The Morgan fingerprint density at radius 1 is 0.966 bits per heavy atom. The van der Waals surface area contributed by atoms with Crippen LogP contribution in [0.25, 0.3) is 33.2 Å². The van der Waals surface area contributed by atoms with E-state index in [0.717, 1.165) is 33.2 Å². The second-order valence-electron chi connectivity index (χ2n) is 6.63. The predicted octanol–water partition coefficient (Wildman–Crippen LogP) is 5.06. The summed E-state index contributed by atoms with van der Waals surface area (Å²) in [5, 5.41) is 3.78. The van der Waals surface area contributed by atoms with Gasteiger partial charge in [0.1, 0.15) is 0 Å². The van der Waals surface area contributed by atoms with Gasteiger partial charge >= 0.3 is 0 Å². The second-order valence-corrected chi connectivity index (χ2v) is 6.63. The van der Waals surface area contributed by atoms with Crippen LogP contribution < -0.4 is 11.1 Å². The summed E-state index contributed by atoms with van der Waals surface area (Å²) in [6, 6.07) is 22.0. The third kappa shape index (κ3) is 3.99. The van der Waals surface area contributed by atoms with E-state index in [-0.39, 0.29) is 11.9 Å². The maximum atomic E-state index is 11.9. The topological polar surface area (TPSA) is 80.9 Å². The number of allylic oxidation sites excluding steroid dienone is 1. The van der Waals surface area contributed by atoms with Crippen molar-refractivity contribution in [3.8, 4) is 22.3 Å². The molecule has 1 heterocycles. The number of rotatable bonds is 4. The molecule has 3 aromatic carbocycles. The standard InChI is InChI=1S/C24H20N4O/c1-2-7-22(29)27-20-11-6-10-17(13-20)21-14-18(16-8-4-3-5-9-16)12-19-15-26-24(25)28-23(19)21/h2-15H,1H3,(H,27,29)(H2,25,26,28)/b7-2+. The van der Waals surface area contributed by atoms with Crippen LogP contribution in [-0.4, -0.2) is 15.9 Å². The van der Waals surface area contributed by atoms with Gasteiger partial charge in [0, 0.05) is 22.8 Å². The van der Waals surface area contributed by atoms with E-state index in [9.17, 15) is 4.79 Å². The van der Waals surface area contributed by atoms with Gasteiger partial charge in [-0.3, -0.25) is 4.79 Å². The number of benzene rings is 3. The van der Waals surface area contributed by atoms with Crippen molar-refractivity contribution in [2.45, 2.75) is 6.92 Å². The highest BCUT2D eigenvalue weighted by molar-refractivity contribution is 6.01. The van der Waals surface area contributed by atoms with Gasteiger partial charge < -0.3 is 11.1 Å². The van der Waals surface area contributed by atoms with Crippen molar-refractivity contribution in [2.75, 3.05) is 11.1 Å². The Labute approximate surface area is 168 Å². The van der Waals surface area contributed by atoms with E-state index in [1.807, 2.05) is 42.5 Å². The Balaban J connectivity index is 1.88. The highest BCUT2D eigenvalue weighted by Crippen LogP contribution is 2.34. The third-order valence-corrected chi connectivity index (χ3v) is 4.57. The molecule has 3 N–H and O–H groups in total. The number of fused-ring (bicyclic) bond motifs is 1. The lowest BCUT2D eigenvalue weighted by atomic mass is 9.96. The van der Waals surface area contributed by atoms with Gasteiger partial charge in [0.2, 0.25) is 11.9 Å². The van der Waals surface area contributed by atoms with Gasteiger partial charge in [0.15, 0.2) is 0 Å². The van der Waals surface area contributed by atoms with E-state index in [1.165, 1.54) is 6.08 Å². The summed E-state index contributed by atoms with van der Waals surface area (Å²) in [5.41, 5.74) is 11.4. The van der Waals surface area contributed by atoms with Crippen molar-refractivity contribution in [1.29, 1.82) is 0 Å². The number of nitrogens with zero attached hydrogens (tertiary/aromatic N) is 2. The highest BCUT2D eigenvalue weighted by atomic mass is 16.1. The second kappa shape index (κ2) is 7.94. The summed E-state index contributed by atoms with van der Waals surface area (Å²) < 4.78 is 0. The van der Waals surface area contributed by atoms with Gasteiger partial charge in [-0.05, 0) is 54.0 Å². The van der Waals surface area contributed by atoms with Crippen LogP contribution in [0.1, 0.15) is 6.92 Å². The first-order chi connectivity index (χ1) is 14.1. The Morgan fingerprint density at radius 3 is 2.55 bits per heavy atom. The van der Waals surface area contributed by atoms with Gasteiger partial charge in [0.25, 0.3) is 0 Å². The van der Waals surface area contributed by atoms with Gasteiger partial charge in [-0.15, -0.1) is 0 Å². The molecule has 1 amide bonds. The average molecular weight is 380 g/mol. The summed E-state index contributed by atoms with van der Waals surface area (Å²) in [6.07, 6.45) is 4.94. The van der Waals surface area contributed by atoms with E-state index >= 15 is 0 Å². The van der Waals surface area contributed by atoms with Gasteiger partial charge in [0.05, 0.1) is 5.52 Å². The summed E-state index contributed by atoms with van der Waals surface area (Å²) in [4.78, 5) is 20.6. The number of nitrogens with one attached hydrogen (secondary N) is 1. The van der Waals surface area contributed by atoms with Crippen LogP contribution in [0.5, 0.6) is 0 Å². The van der Waals surface area contributed by atoms with Crippen molar-refractivity contribution < 1.29 is 4.79 Å². The lowest BCUT2D eigenvalue weighted by molar-refractivity contribution is -0.111. The molecule has 0 bridgehead atoms. The van der Waals surface area contributed by atoms with E-state index in [1.54, 1.807) is 19.2 Å². The van der Waals surface area contributed by atoms with Crippen molar-refractivity contribution in [1.82, 2.24) is 9.97 Å². The first-order valence-corrected chi connectivity index (χ1v) is 9.30. The maximum Gasteiger partial charge on any atom is 0.248 e. The maximum absolute atomic E-state index is 11.9. The van der Waals surface area contributed by atoms with Crippen molar-refractivity contribution >= 4 is 28.4 Å². The van der Waals surface area contributed by atoms with Crippen molar-refractivity contribution in [2.24, 2.45) is 0 Å². The molecule has 4 aromatic rings. The number of carbonyl (C=O) groups excluding carboxylic acids is 1. The average Bonchev–Trinajstić information content (AvgIpc) is 2.74. The largest absolute Gasteiger partial charge is 0.368 e. The lowest BCUT2D eigenvalue weighted by Crippen LogP contribution is -2.07. The molecule has 0 unspecified atom stereocenters. The molecule has 0 saturated carbocycles. The zero-order valence-electron chi connectivity index (χ0n) is 16.0. The molecule has 0 aliphatic heterocycles. The Hall–Kier alpha value is -3.99. The molecule has 0 atom stereocenters. The van der Waals surface area contributed by atoms with Crippen LogP contribution >= 0.6 is 0 Å². The molecule has 0 spiro atoms. The first kappa shape index (κ1) is 18.4. The quantitative estimate of drug-likeness (QED) is 0.485. The molecule has 5 nitrogen and oxygen atoms in total. The number of hydrogen-bond acceptors (Lipinski definition) is 4. The number of amides is 1. The van der Waals surface area contributed by atoms with E-state index in [4.69, 9.17) is 5.73 Å².